The first-order valence-corrected chi connectivity index (χ1v) is 14.6. The van der Waals surface area contributed by atoms with Gasteiger partial charge >= 0.3 is 6.09 Å². The van der Waals surface area contributed by atoms with E-state index in [1.165, 1.54) is 6.42 Å². The van der Waals surface area contributed by atoms with Gasteiger partial charge in [0, 0.05) is 30.0 Å². The molecule has 1 unspecified atom stereocenters. The Morgan fingerprint density at radius 1 is 1.00 bits per heavy atom. The van der Waals surface area contributed by atoms with E-state index in [4.69, 9.17) is 4.42 Å². The van der Waals surface area contributed by atoms with Crippen LogP contribution in [0.5, 0.6) is 0 Å². The number of fused-ring (bicyclic) bond motifs is 1. The lowest BCUT2D eigenvalue weighted by Crippen LogP contribution is -2.68. The molecule has 200 valence electrons. The molecule has 4 aliphatic rings. The summed E-state index contributed by atoms with van der Waals surface area (Å²) < 4.78 is 6.52. The molecule has 0 spiro atoms. The molecule has 4 saturated carbocycles. The lowest BCUT2D eigenvalue weighted by Gasteiger charge is -2.59. The minimum atomic E-state index is -1.29. The standard InChI is InChI=1S/C31H35BrN2O4/c1-31(29(35)33-12-11-19-7-3-2-4-8-19,18-25-24-9-5-6-10-26(24)38-28(25)32)34(30(36)37)27-22-14-20-13-21(16-22)17-23(27)15-20/h2-10,20-23,27H,11-18H2,1H3,(H,33,35)(H,36,37). The van der Waals surface area contributed by atoms with Crippen LogP contribution >= 0.6 is 15.9 Å². The quantitative estimate of drug-likeness (QED) is 0.313. The highest BCUT2D eigenvalue weighted by molar-refractivity contribution is 9.10. The van der Waals surface area contributed by atoms with Crippen molar-refractivity contribution in [3.63, 3.8) is 0 Å². The van der Waals surface area contributed by atoms with Crippen LogP contribution in [-0.2, 0) is 17.6 Å². The van der Waals surface area contributed by atoms with Crippen LogP contribution in [0, 0.1) is 23.7 Å². The summed E-state index contributed by atoms with van der Waals surface area (Å²) in [5.74, 6) is 1.82. The van der Waals surface area contributed by atoms with Crippen molar-refractivity contribution in [2.45, 2.75) is 63.5 Å². The molecule has 2 N–H and O–H groups in total. The number of carbonyl (C=O) groups excluding carboxylic acids is 1. The van der Waals surface area contributed by atoms with Crippen LogP contribution in [0.15, 0.2) is 63.7 Å². The summed E-state index contributed by atoms with van der Waals surface area (Å²) >= 11 is 3.57. The number of hydrogen-bond donors (Lipinski definition) is 2. The highest BCUT2D eigenvalue weighted by atomic mass is 79.9. The fraction of sp³-hybridized carbons (Fsp3) is 0.484. The third-order valence-corrected chi connectivity index (χ3v) is 10.1. The largest absolute Gasteiger partial charge is 0.465 e. The molecule has 4 aliphatic carbocycles. The van der Waals surface area contributed by atoms with Gasteiger partial charge in [-0.1, -0.05) is 48.5 Å². The molecule has 4 bridgehead atoms. The van der Waals surface area contributed by atoms with Gasteiger partial charge in [0.25, 0.3) is 0 Å². The number of carboxylic acid groups (broad SMARTS) is 1. The average Bonchev–Trinajstić information content (AvgIpc) is 3.20. The molecule has 2 aromatic carbocycles. The van der Waals surface area contributed by atoms with Crippen molar-refractivity contribution >= 4 is 38.9 Å². The number of rotatable bonds is 8. The second-order valence-electron chi connectivity index (χ2n) is 11.9. The van der Waals surface area contributed by atoms with Gasteiger partial charge in [0.05, 0.1) is 0 Å². The number of nitrogens with one attached hydrogen (secondary N) is 1. The molecule has 1 heterocycles. The Balaban J connectivity index is 1.35. The number of nitrogens with zero attached hydrogens (tertiary/aromatic N) is 1. The van der Waals surface area contributed by atoms with Gasteiger partial charge in [-0.15, -0.1) is 0 Å². The molecule has 0 aliphatic heterocycles. The smallest absolute Gasteiger partial charge is 0.408 e. The maximum atomic E-state index is 14.1. The normalized spacial score (nSPS) is 27.3. The molecular weight excluding hydrogens is 544 g/mol. The van der Waals surface area contributed by atoms with E-state index >= 15 is 0 Å². The van der Waals surface area contributed by atoms with Crippen LogP contribution in [0.1, 0.15) is 50.2 Å². The Bertz CT molecular complexity index is 1310. The zero-order chi connectivity index (χ0) is 26.4. The number of furan rings is 1. The molecule has 4 fully saturated rings. The summed E-state index contributed by atoms with van der Waals surface area (Å²) in [7, 11) is 0. The molecule has 7 rings (SSSR count). The average molecular weight is 580 g/mol. The van der Waals surface area contributed by atoms with Gasteiger partial charge in [-0.25, -0.2) is 4.79 Å². The fourth-order valence-electron chi connectivity index (χ4n) is 7.99. The summed E-state index contributed by atoms with van der Waals surface area (Å²) in [6, 6.07) is 17.6. The highest BCUT2D eigenvalue weighted by Crippen LogP contribution is 2.56. The van der Waals surface area contributed by atoms with Crippen LogP contribution in [0.25, 0.3) is 11.0 Å². The molecule has 1 atom stereocenters. The van der Waals surface area contributed by atoms with E-state index in [9.17, 15) is 14.7 Å². The lowest BCUT2D eigenvalue weighted by molar-refractivity contribution is -0.140. The molecular formula is C31H35BrN2O4. The highest BCUT2D eigenvalue weighted by Gasteiger charge is 2.56. The van der Waals surface area contributed by atoms with E-state index < -0.39 is 11.6 Å². The van der Waals surface area contributed by atoms with Gasteiger partial charge in [0.15, 0.2) is 4.67 Å². The first kappa shape index (κ1) is 25.5. The predicted octanol–water partition coefficient (Wildman–Crippen LogP) is 6.66. The van der Waals surface area contributed by atoms with Gasteiger partial charge < -0.3 is 14.8 Å². The lowest BCUT2D eigenvalue weighted by atomic mass is 9.53. The second kappa shape index (κ2) is 10.1. The molecule has 38 heavy (non-hydrogen) atoms. The monoisotopic (exact) mass is 578 g/mol. The summed E-state index contributed by atoms with van der Waals surface area (Å²) in [6.07, 6.45) is 5.50. The Kier molecular flexibility index (Phi) is 6.75. The molecule has 6 nitrogen and oxygen atoms in total. The van der Waals surface area contributed by atoms with Gasteiger partial charge in [0.1, 0.15) is 11.1 Å². The topological polar surface area (TPSA) is 82.8 Å². The molecule has 0 saturated heterocycles. The van der Waals surface area contributed by atoms with Crippen molar-refractivity contribution in [1.29, 1.82) is 0 Å². The van der Waals surface area contributed by atoms with E-state index in [2.05, 4.69) is 21.2 Å². The van der Waals surface area contributed by atoms with Crippen LogP contribution in [-0.4, -0.2) is 40.1 Å². The fourth-order valence-corrected chi connectivity index (χ4v) is 8.52. The summed E-state index contributed by atoms with van der Waals surface area (Å²) in [6.45, 7) is 2.26. The summed E-state index contributed by atoms with van der Waals surface area (Å²) in [5.41, 5.74) is 1.39. The number of benzene rings is 2. The van der Waals surface area contributed by atoms with Crippen molar-refractivity contribution in [2.24, 2.45) is 23.7 Å². The first-order valence-electron chi connectivity index (χ1n) is 13.8. The number of carbonyl (C=O) groups is 2. The van der Waals surface area contributed by atoms with Crippen molar-refractivity contribution in [1.82, 2.24) is 10.2 Å². The van der Waals surface area contributed by atoms with E-state index in [0.717, 1.165) is 47.8 Å². The SMILES string of the molecule is CC(Cc1c(Br)oc2ccccc12)(C(=O)NCCc1ccccc1)N(C(=O)O)C1C2CC3CC(C2)CC1C3. The minimum absolute atomic E-state index is 0.137. The number of para-hydroxylation sites is 1. The van der Waals surface area contributed by atoms with Crippen molar-refractivity contribution < 1.29 is 19.1 Å². The molecule has 3 aromatic rings. The minimum Gasteiger partial charge on any atom is -0.465 e. The van der Waals surface area contributed by atoms with E-state index in [1.54, 1.807) is 4.90 Å². The van der Waals surface area contributed by atoms with Crippen LogP contribution in [0.2, 0.25) is 0 Å². The van der Waals surface area contributed by atoms with E-state index in [-0.39, 0.29) is 18.4 Å². The third-order valence-electron chi connectivity index (χ3n) is 9.41. The number of halogens is 1. The molecule has 0 radical (unpaired) electrons. The van der Waals surface area contributed by atoms with Gasteiger partial charge in [-0.3, -0.25) is 9.69 Å². The zero-order valence-corrected chi connectivity index (χ0v) is 23.3. The Morgan fingerprint density at radius 3 is 2.29 bits per heavy atom. The van der Waals surface area contributed by atoms with Gasteiger partial charge in [-0.05, 0) is 96.7 Å². The number of hydrogen-bond acceptors (Lipinski definition) is 3. The van der Waals surface area contributed by atoms with E-state index in [0.29, 0.717) is 41.3 Å². The maximum Gasteiger partial charge on any atom is 0.408 e. The van der Waals surface area contributed by atoms with Gasteiger partial charge in [-0.2, -0.15) is 0 Å². The Labute approximate surface area is 231 Å². The molecule has 7 heteroatoms. The Hall–Kier alpha value is -2.80. The van der Waals surface area contributed by atoms with E-state index in [1.807, 2.05) is 61.5 Å². The zero-order valence-electron chi connectivity index (χ0n) is 21.7. The summed E-state index contributed by atoms with van der Waals surface area (Å²) in [5, 5.41) is 14.8. The molecule has 1 aromatic heterocycles. The van der Waals surface area contributed by atoms with Crippen LogP contribution in [0.4, 0.5) is 4.79 Å². The Morgan fingerprint density at radius 2 is 1.63 bits per heavy atom. The first-order chi connectivity index (χ1) is 18.3. The predicted molar refractivity (Wildman–Crippen MR) is 150 cm³/mol. The second-order valence-corrected chi connectivity index (χ2v) is 12.6. The maximum absolute atomic E-state index is 14.1. The van der Waals surface area contributed by atoms with Crippen LogP contribution in [0.3, 0.4) is 0 Å². The summed E-state index contributed by atoms with van der Waals surface area (Å²) in [4.78, 5) is 28.9. The van der Waals surface area contributed by atoms with Crippen LogP contribution < -0.4 is 5.32 Å². The van der Waals surface area contributed by atoms with Crippen molar-refractivity contribution in [3.8, 4) is 0 Å². The molecule has 2 amide bonds. The van der Waals surface area contributed by atoms with Gasteiger partial charge in [0.2, 0.25) is 5.91 Å². The van der Waals surface area contributed by atoms with Crippen molar-refractivity contribution in [3.05, 3.63) is 70.4 Å². The van der Waals surface area contributed by atoms with Crippen molar-refractivity contribution in [2.75, 3.05) is 6.54 Å². The number of amides is 2. The third kappa shape index (κ3) is 4.53.